The molecular weight excluding hydrogens is 273 g/mol. The zero-order chi connectivity index (χ0) is 15.0. The monoisotopic (exact) mass is 286 g/mol. The van der Waals surface area contributed by atoms with Gasteiger partial charge in [-0.25, -0.2) is 0 Å². The van der Waals surface area contributed by atoms with Crippen LogP contribution in [0.2, 0.25) is 0 Å². The van der Waals surface area contributed by atoms with Crippen LogP contribution < -0.4 is 10.6 Å². The molecule has 1 atom stereocenters. The first-order valence-electron chi connectivity index (χ1n) is 5.97. The van der Waals surface area contributed by atoms with Crippen molar-refractivity contribution in [3.63, 3.8) is 0 Å². The van der Waals surface area contributed by atoms with E-state index in [-0.39, 0.29) is 24.6 Å². The van der Waals surface area contributed by atoms with E-state index >= 15 is 0 Å². The first-order chi connectivity index (χ1) is 9.22. The van der Waals surface area contributed by atoms with Crippen LogP contribution >= 0.6 is 0 Å². The standard InChI is InChI=1S/C13H13F3N2O2/c1-12(6-10(19)17-7-12)11(20)18-9-5-3-2-4-8(9)13(14,15)16/h2-5H,6-7H2,1H3,(H,17,19)(H,18,20). The second-order valence-corrected chi connectivity index (χ2v) is 5.01. The quantitative estimate of drug-likeness (QED) is 0.875. The normalized spacial score (nSPS) is 22.5. The molecule has 4 nitrogen and oxygen atoms in total. The van der Waals surface area contributed by atoms with Crippen molar-refractivity contribution in [2.75, 3.05) is 11.9 Å². The molecule has 1 saturated heterocycles. The van der Waals surface area contributed by atoms with Gasteiger partial charge in [0.15, 0.2) is 0 Å². The molecule has 1 aromatic carbocycles. The van der Waals surface area contributed by atoms with Crippen LogP contribution in [0.15, 0.2) is 24.3 Å². The van der Waals surface area contributed by atoms with Crippen molar-refractivity contribution in [2.24, 2.45) is 5.41 Å². The highest BCUT2D eigenvalue weighted by Gasteiger charge is 2.42. The van der Waals surface area contributed by atoms with Crippen LogP contribution in [0.3, 0.4) is 0 Å². The summed E-state index contributed by atoms with van der Waals surface area (Å²) in [6, 6.07) is 4.75. The third-order valence-electron chi connectivity index (χ3n) is 3.26. The molecule has 2 N–H and O–H groups in total. The molecule has 0 aliphatic carbocycles. The summed E-state index contributed by atoms with van der Waals surface area (Å²) in [5, 5.41) is 4.77. The number of anilines is 1. The molecule has 1 unspecified atom stereocenters. The zero-order valence-corrected chi connectivity index (χ0v) is 10.7. The second-order valence-electron chi connectivity index (χ2n) is 5.01. The Morgan fingerprint density at radius 2 is 2.00 bits per heavy atom. The van der Waals surface area contributed by atoms with E-state index in [9.17, 15) is 22.8 Å². The van der Waals surface area contributed by atoms with Crippen molar-refractivity contribution in [1.82, 2.24) is 5.32 Å². The highest BCUT2D eigenvalue weighted by atomic mass is 19.4. The largest absolute Gasteiger partial charge is 0.418 e. The number of benzene rings is 1. The van der Waals surface area contributed by atoms with Crippen LogP contribution in [0.5, 0.6) is 0 Å². The van der Waals surface area contributed by atoms with Gasteiger partial charge in [0.25, 0.3) is 0 Å². The van der Waals surface area contributed by atoms with E-state index in [1.165, 1.54) is 25.1 Å². The average Bonchev–Trinajstić information content (AvgIpc) is 2.70. The summed E-state index contributed by atoms with van der Waals surface area (Å²) in [5.41, 5.74) is -2.24. The van der Waals surface area contributed by atoms with Gasteiger partial charge in [-0.05, 0) is 19.1 Å². The molecule has 0 saturated carbocycles. The summed E-state index contributed by atoms with van der Waals surface area (Å²) in [4.78, 5) is 23.3. The molecule has 2 amide bonds. The van der Waals surface area contributed by atoms with Crippen LogP contribution in [-0.2, 0) is 15.8 Å². The number of para-hydroxylation sites is 1. The van der Waals surface area contributed by atoms with Gasteiger partial charge in [-0.2, -0.15) is 13.2 Å². The van der Waals surface area contributed by atoms with E-state index < -0.39 is 23.1 Å². The predicted octanol–water partition coefficient (Wildman–Crippen LogP) is 2.17. The van der Waals surface area contributed by atoms with Crippen LogP contribution in [0.1, 0.15) is 18.9 Å². The molecule has 7 heteroatoms. The lowest BCUT2D eigenvalue weighted by atomic mass is 9.88. The number of carbonyl (C=O) groups excluding carboxylic acids is 2. The van der Waals surface area contributed by atoms with Gasteiger partial charge in [-0.3, -0.25) is 9.59 Å². The van der Waals surface area contributed by atoms with Crippen molar-refractivity contribution >= 4 is 17.5 Å². The molecule has 0 aromatic heterocycles. The molecule has 1 heterocycles. The molecule has 1 aliphatic rings. The SMILES string of the molecule is CC1(C(=O)Nc2ccccc2C(F)(F)F)CNC(=O)C1. The molecule has 0 bridgehead atoms. The van der Waals surface area contributed by atoms with Crippen molar-refractivity contribution in [2.45, 2.75) is 19.5 Å². The van der Waals surface area contributed by atoms with E-state index in [2.05, 4.69) is 10.6 Å². The maximum atomic E-state index is 12.8. The Hall–Kier alpha value is -2.05. The van der Waals surface area contributed by atoms with E-state index in [1.807, 2.05) is 0 Å². The highest BCUT2D eigenvalue weighted by Crippen LogP contribution is 2.36. The Morgan fingerprint density at radius 1 is 1.35 bits per heavy atom. The molecule has 2 rings (SSSR count). The maximum absolute atomic E-state index is 12.8. The minimum atomic E-state index is -4.55. The van der Waals surface area contributed by atoms with E-state index in [0.29, 0.717) is 0 Å². The maximum Gasteiger partial charge on any atom is 0.418 e. The molecule has 1 fully saturated rings. The van der Waals surface area contributed by atoms with Gasteiger partial charge < -0.3 is 10.6 Å². The summed E-state index contributed by atoms with van der Waals surface area (Å²) >= 11 is 0. The predicted molar refractivity (Wildman–Crippen MR) is 65.8 cm³/mol. The number of hydrogen-bond donors (Lipinski definition) is 2. The number of rotatable bonds is 2. The number of hydrogen-bond acceptors (Lipinski definition) is 2. The Labute approximate surface area is 113 Å². The summed E-state index contributed by atoms with van der Waals surface area (Å²) in [7, 11) is 0. The lowest BCUT2D eigenvalue weighted by Gasteiger charge is -2.22. The summed E-state index contributed by atoms with van der Waals surface area (Å²) in [6.07, 6.45) is -4.58. The fourth-order valence-electron chi connectivity index (χ4n) is 2.05. The van der Waals surface area contributed by atoms with Crippen LogP contribution in [0.25, 0.3) is 0 Å². The van der Waals surface area contributed by atoms with Crippen molar-refractivity contribution in [3.8, 4) is 0 Å². The van der Waals surface area contributed by atoms with Gasteiger partial charge >= 0.3 is 6.18 Å². The smallest absolute Gasteiger partial charge is 0.355 e. The van der Waals surface area contributed by atoms with Crippen LogP contribution in [-0.4, -0.2) is 18.4 Å². The van der Waals surface area contributed by atoms with Crippen LogP contribution in [0.4, 0.5) is 18.9 Å². The Bertz CT molecular complexity index is 557. The minimum Gasteiger partial charge on any atom is -0.355 e. The van der Waals surface area contributed by atoms with Crippen molar-refractivity contribution < 1.29 is 22.8 Å². The lowest BCUT2D eigenvalue weighted by Crippen LogP contribution is -2.35. The van der Waals surface area contributed by atoms with Crippen molar-refractivity contribution in [1.29, 1.82) is 0 Å². The van der Waals surface area contributed by atoms with Crippen LogP contribution in [0, 0.1) is 5.41 Å². The fourth-order valence-corrected chi connectivity index (χ4v) is 2.05. The zero-order valence-electron chi connectivity index (χ0n) is 10.7. The second kappa shape index (κ2) is 4.81. The Balaban J connectivity index is 2.23. The number of carbonyl (C=O) groups is 2. The molecule has 1 aromatic rings. The van der Waals surface area contributed by atoms with Gasteiger partial charge in [0.2, 0.25) is 11.8 Å². The Morgan fingerprint density at radius 3 is 2.55 bits per heavy atom. The van der Waals surface area contributed by atoms with Gasteiger partial charge in [-0.1, -0.05) is 12.1 Å². The molecule has 108 valence electrons. The van der Waals surface area contributed by atoms with Gasteiger partial charge in [0.05, 0.1) is 16.7 Å². The minimum absolute atomic E-state index is 0.0347. The number of nitrogens with one attached hydrogen (secondary N) is 2. The van der Waals surface area contributed by atoms with Crippen molar-refractivity contribution in [3.05, 3.63) is 29.8 Å². The number of halogens is 3. The van der Waals surface area contributed by atoms with Gasteiger partial charge in [0, 0.05) is 13.0 Å². The number of amides is 2. The third kappa shape index (κ3) is 2.76. The topological polar surface area (TPSA) is 58.2 Å². The van der Waals surface area contributed by atoms with Gasteiger partial charge in [-0.15, -0.1) is 0 Å². The molecular formula is C13H13F3N2O2. The highest BCUT2D eigenvalue weighted by molar-refractivity contribution is 6.00. The summed E-state index contributed by atoms with van der Waals surface area (Å²) in [6.45, 7) is 1.66. The summed E-state index contributed by atoms with van der Waals surface area (Å²) in [5.74, 6) is -0.890. The molecule has 20 heavy (non-hydrogen) atoms. The van der Waals surface area contributed by atoms with Gasteiger partial charge in [0.1, 0.15) is 0 Å². The van der Waals surface area contributed by atoms with E-state index in [1.54, 1.807) is 0 Å². The lowest BCUT2D eigenvalue weighted by molar-refractivity contribution is -0.137. The number of alkyl halides is 3. The Kier molecular flexibility index (Phi) is 3.45. The first kappa shape index (κ1) is 14.4. The first-order valence-corrected chi connectivity index (χ1v) is 5.97. The summed E-state index contributed by atoms with van der Waals surface area (Å²) < 4.78 is 38.4. The molecule has 0 radical (unpaired) electrons. The molecule has 0 spiro atoms. The van der Waals surface area contributed by atoms with E-state index in [4.69, 9.17) is 0 Å². The average molecular weight is 286 g/mol. The third-order valence-corrected chi connectivity index (χ3v) is 3.26. The van der Waals surface area contributed by atoms with E-state index in [0.717, 1.165) is 6.07 Å². The molecule has 1 aliphatic heterocycles. The fraction of sp³-hybridized carbons (Fsp3) is 0.385.